The van der Waals surface area contributed by atoms with Gasteiger partial charge in [0.1, 0.15) is 5.82 Å². The molecule has 17 heavy (non-hydrogen) atoms. The second-order valence-electron chi connectivity index (χ2n) is 3.51. The minimum atomic E-state index is 0.188. The van der Waals surface area contributed by atoms with E-state index in [9.17, 15) is 0 Å². The summed E-state index contributed by atoms with van der Waals surface area (Å²) < 4.78 is 0. The third-order valence-corrected chi connectivity index (χ3v) is 2.41. The molecule has 0 unspecified atom stereocenters. The van der Waals surface area contributed by atoms with E-state index in [1.807, 2.05) is 6.20 Å². The topological polar surface area (TPSA) is 92.5 Å². The van der Waals surface area contributed by atoms with Crippen molar-refractivity contribution in [2.75, 3.05) is 17.6 Å². The first-order valence-electron chi connectivity index (χ1n) is 5.26. The van der Waals surface area contributed by atoms with Gasteiger partial charge in [0.2, 0.25) is 5.28 Å². The molecule has 0 amide bonds. The highest BCUT2D eigenvalue weighted by Gasteiger charge is 2.02. The Morgan fingerprint density at radius 3 is 3.06 bits per heavy atom. The maximum Gasteiger partial charge on any atom is 0.224 e. The lowest BCUT2D eigenvalue weighted by Crippen LogP contribution is -2.08. The number of halogens is 1. The van der Waals surface area contributed by atoms with E-state index in [-0.39, 0.29) is 5.28 Å². The lowest BCUT2D eigenvalue weighted by Gasteiger charge is -2.07. The molecule has 0 aliphatic rings. The van der Waals surface area contributed by atoms with Gasteiger partial charge in [-0.05, 0) is 18.0 Å². The van der Waals surface area contributed by atoms with Gasteiger partial charge in [-0.3, -0.25) is 0 Å². The molecule has 0 radical (unpaired) electrons. The van der Waals surface area contributed by atoms with E-state index >= 15 is 0 Å². The molecule has 0 bridgehead atoms. The molecule has 2 heterocycles. The number of H-pyrrole nitrogens is 1. The van der Waals surface area contributed by atoms with Gasteiger partial charge in [-0.15, -0.1) is 0 Å². The van der Waals surface area contributed by atoms with Crippen LogP contribution in [-0.4, -0.2) is 26.5 Å². The molecule has 0 aromatic carbocycles. The molecule has 0 fully saturated rings. The highest BCUT2D eigenvalue weighted by molar-refractivity contribution is 6.28. The van der Waals surface area contributed by atoms with Crippen LogP contribution in [0.1, 0.15) is 12.2 Å². The number of hydrogen-bond donors (Lipinski definition) is 3. The summed E-state index contributed by atoms with van der Waals surface area (Å²) in [7, 11) is 0. The zero-order valence-corrected chi connectivity index (χ0v) is 9.91. The van der Waals surface area contributed by atoms with Crippen molar-refractivity contribution in [3.8, 4) is 0 Å². The van der Waals surface area contributed by atoms with E-state index in [0.717, 1.165) is 25.2 Å². The number of nitrogens with one attached hydrogen (secondary N) is 2. The molecule has 0 spiro atoms. The molecule has 0 saturated carbocycles. The fraction of sp³-hybridized carbons (Fsp3) is 0.300. The van der Waals surface area contributed by atoms with Crippen LogP contribution in [0.15, 0.2) is 18.6 Å². The van der Waals surface area contributed by atoms with Crippen molar-refractivity contribution >= 4 is 23.1 Å². The maximum atomic E-state index is 5.70. The number of anilines is 2. The predicted molar refractivity (Wildman–Crippen MR) is 66.9 cm³/mol. The lowest BCUT2D eigenvalue weighted by atomic mass is 10.3. The first kappa shape index (κ1) is 11.7. The second-order valence-corrected chi connectivity index (χ2v) is 3.85. The van der Waals surface area contributed by atoms with Crippen LogP contribution in [0.4, 0.5) is 11.5 Å². The van der Waals surface area contributed by atoms with Gasteiger partial charge in [0.25, 0.3) is 0 Å². The van der Waals surface area contributed by atoms with Crippen molar-refractivity contribution in [2.45, 2.75) is 12.8 Å². The average Bonchev–Trinajstić information content (AvgIpc) is 2.82. The molecule has 2 aromatic rings. The Bertz CT molecular complexity index is 470. The summed E-state index contributed by atoms with van der Waals surface area (Å²) in [6.07, 6.45) is 6.84. The average molecular weight is 253 g/mol. The largest absolute Gasteiger partial charge is 0.394 e. The van der Waals surface area contributed by atoms with E-state index in [2.05, 4.69) is 25.3 Å². The van der Waals surface area contributed by atoms with E-state index in [4.69, 9.17) is 17.3 Å². The van der Waals surface area contributed by atoms with Crippen LogP contribution in [0.3, 0.4) is 0 Å². The van der Waals surface area contributed by atoms with Crippen LogP contribution in [0.25, 0.3) is 0 Å². The van der Waals surface area contributed by atoms with Gasteiger partial charge in [-0.1, -0.05) is 0 Å². The highest BCUT2D eigenvalue weighted by atomic mass is 35.5. The molecule has 90 valence electrons. The summed E-state index contributed by atoms with van der Waals surface area (Å²) >= 11 is 5.68. The Labute approximate surface area is 104 Å². The Kier molecular flexibility index (Phi) is 3.77. The van der Waals surface area contributed by atoms with Crippen molar-refractivity contribution in [3.63, 3.8) is 0 Å². The van der Waals surface area contributed by atoms with E-state index in [0.29, 0.717) is 11.5 Å². The molecule has 7 heteroatoms. The van der Waals surface area contributed by atoms with Crippen molar-refractivity contribution in [2.24, 2.45) is 0 Å². The summed E-state index contributed by atoms with van der Waals surface area (Å²) in [5, 5.41) is 3.30. The molecule has 0 atom stereocenters. The summed E-state index contributed by atoms with van der Waals surface area (Å²) in [5.41, 5.74) is 6.19. The molecule has 2 rings (SSSR count). The van der Waals surface area contributed by atoms with Crippen LogP contribution in [0.5, 0.6) is 0 Å². The van der Waals surface area contributed by atoms with Crippen LogP contribution < -0.4 is 11.1 Å². The van der Waals surface area contributed by atoms with Gasteiger partial charge in [0.05, 0.1) is 11.9 Å². The highest BCUT2D eigenvalue weighted by Crippen LogP contribution is 2.15. The second kappa shape index (κ2) is 5.49. The molecule has 6 nitrogen and oxygen atoms in total. The van der Waals surface area contributed by atoms with Crippen molar-refractivity contribution in [3.05, 3.63) is 29.7 Å². The number of aromatic nitrogens is 4. The predicted octanol–water partition coefficient (Wildman–Crippen LogP) is 1.48. The van der Waals surface area contributed by atoms with Gasteiger partial charge in [0.15, 0.2) is 5.82 Å². The van der Waals surface area contributed by atoms with Crippen LogP contribution in [0, 0.1) is 0 Å². The Morgan fingerprint density at radius 1 is 1.41 bits per heavy atom. The first-order chi connectivity index (χ1) is 8.25. The number of hydrogen-bond acceptors (Lipinski definition) is 5. The number of rotatable bonds is 5. The summed E-state index contributed by atoms with van der Waals surface area (Å²) in [4.78, 5) is 15.0. The molecular weight excluding hydrogens is 240 g/mol. The van der Waals surface area contributed by atoms with Crippen molar-refractivity contribution in [1.29, 1.82) is 0 Å². The number of nitrogen functional groups attached to an aromatic ring is 1. The monoisotopic (exact) mass is 252 g/mol. The van der Waals surface area contributed by atoms with Gasteiger partial charge in [-0.2, -0.15) is 4.98 Å². The zero-order chi connectivity index (χ0) is 12.1. The number of nitrogens with two attached hydrogens (primary N) is 1. The standard InChI is InChI=1S/C10H13ClN6/c11-10-16-6-7(12)9(17-10)15-3-1-2-8-13-4-5-14-8/h4-6H,1-3,12H2,(H,13,14)(H,15,16,17). The minimum Gasteiger partial charge on any atom is -0.394 e. The van der Waals surface area contributed by atoms with E-state index < -0.39 is 0 Å². The molecule has 2 aromatic heterocycles. The molecule has 4 N–H and O–H groups in total. The summed E-state index contributed by atoms with van der Waals surface area (Å²) in [5.74, 6) is 1.55. The van der Waals surface area contributed by atoms with Gasteiger partial charge >= 0.3 is 0 Å². The normalized spacial score (nSPS) is 10.4. The summed E-state index contributed by atoms with van der Waals surface area (Å²) in [6.45, 7) is 0.748. The molecular formula is C10H13ClN6. The van der Waals surface area contributed by atoms with E-state index in [1.165, 1.54) is 6.20 Å². The lowest BCUT2D eigenvalue weighted by molar-refractivity contribution is 0.814. The molecule has 0 aliphatic heterocycles. The minimum absolute atomic E-state index is 0.188. The number of nitrogens with zero attached hydrogens (tertiary/aromatic N) is 3. The zero-order valence-electron chi connectivity index (χ0n) is 9.15. The van der Waals surface area contributed by atoms with E-state index in [1.54, 1.807) is 6.20 Å². The third-order valence-electron chi connectivity index (χ3n) is 2.23. The van der Waals surface area contributed by atoms with Crippen LogP contribution >= 0.6 is 11.6 Å². The maximum absolute atomic E-state index is 5.70. The Hall–Kier alpha value is -1.82. The Morgan fingerprint density at radius 2 is 2.29 bits per heavy atom. The van der Waals surface area contributed by atoms with Crippen molar-refractivity contribution in [1.82, 2.24) is 19.9 Å². The first-order valence-corrected chi connectivity index (χ1v) is 5.63. The Balaban J connectivity index is 1.80. The molecule has 0 aliphatic carbocycles. The smallest absolute Gasteiger partial charge is 0.224 e. The fourth-order valence-electron chi connectivity index (χ4n) is 1.41. The van der Waals surface area contributed by atoms with Gasteiger partial charge in [-0.25, -0.2) is 9.97 Å². The molecule has 0 saturated heterocycles. The van der Waals surface area contributed by atoms with Gasteiger partial charge in [0, 0.05) is 25.4 Å². The van der Waals surface area contributed by atoms with Crippen LogP contribution in [0.2, 0.25) is 5.28 Å². The van der Waals surface area contributed by atoms with Gasteiger partial charge < -0.3 is 16.0 Å². The number of aryl methyl sites for hydroxylation is 1. The third kappa shape index (κ3) is 3.32. The fourth-order valence-corrected chi connectivity index (χ4v) is 1.54. The SMILES string of the molecule is Nc1cnc(Cl)nc1NCCCc1ncc[nH]1. The number of aromatic amines is 1. The van der Waals surface area contributed by atoms with Crippen molar-refractivity contribution < 1.29 is 0 Å². The number of imidazole rings is 1. The quantitative estimate of drug-likeness (QED) is 0.554. The van der Waals surface area contributed by atoms with Crippen LogP contribution in [-0.2, 0) is 6.42 Å². The summed E-state index contributed by atoms with van der Waals surface area (Å²) in [6, 6.07) is 0.